The van der Waals surface area contributed by atoms with Crippen LogP contribution in [0.1, 0.15) is 21.8 Å². The van der Waals surface area contributed by atoms with Gasteiger partial charge < -0.3 is 9.73 Å². The third-order valence-corrected chi connectivity index (χ3v) is 4.51. The van der Waals surface area contributed by atoms with Crippen molar-refractivity contribution in [2.75, 3.05) is 5.32 Å². The first-order chi connectivity index (χ1) is 12.3. The number of oxazole rings is 1. The summed E-state index contributed by atoms with van der Waals surface area (Å²) in [6, 6.07) is 12.2. The van der Waals surface area contributed by atoms with Crippen molar-refractivity contribution in [2.24, 2.45) is 0 Å². The van der Waals surface area contributed by atoms with Gasteiger partial charge in [0.05, 0.1) is 11.3 Å². The molecular formula is C18H12F3IN2O2. The van der Waals surface area contributed by atoms with E-state index in [1.54, 1.807) is 31.2 Å². The van der Waals surface area contributed by atoms with E-state index in [0.717, 1.165) is 12.1 Å². The SMILES string of the molecule is Cc1oc(-c2ccccc2)nc1C(=O)Nc1cc(C(F)(F)F)ccc1I. The largest absolute Gasteiger partial charge is 0.441 e. The average Bonchev–Trinajstić information content (AvgIpc) is 2.98. The van der Waals surface area contributed by atoms with E-state index in [2.05, 4.69) is 10.3 Å². The lowest BCUT2D eigenvalue weighted by molar-refractivity contribution is -0.137. The summed E-state index contributed by atoms with van der Waals surface area (Å²) >= 11 is 1.86. The number of hydrogen-bond donors (Lipinski definition) is 1. The highest BCUT2D eigenvalue weighted by molar-refractivity contribution is 14.1. The summed E-state index contributed by atoms with van der Waals surface area (Å²) in [5, 5.41) is 2.48. The van der Waals surface area contributed by atoms with Crippen LogP contribution in [-0.4, -0.2) is 10.9 Å². The summed E-state index contributed by atoms with van der Waals surface area (Å²) < 4.78 is 44.6. The predicted molar refractivity (Wildman–Crippen MR) is 98.8 cm³/mol. The second-order valence-corrected chi connectivity index (χ2v) is 6.60. The van der Waals surface area contributed by atoms with Crippen molar-refractivity contribution < 1.29 is 22.4 Å². The van der Waals surface area contributed by atoms with E-state index in [1.807, 2.05) is 28.7 Å². The molecule has 134 valence electrons. The first kappa shape index (κ1) is 18.4. The molecule has 0 aliphatic carbocycles. The number of carbonyl (C=O) groups is 1. The standard InChI is InChI=1S/C18H12F3IN2O2/c1-10-15(24-17(26-10)11-5-3-2-4-6-11)16(25)23-14-9-12(18(19,20)21)7-8-13(14)22/h2-9H,1H3,(H,23,25). The third-order valence-electron chi connectivity index (χ3n) is 3.57. The van der Waals surface area contributed by atoms with E-state index in [-0.39, 0.29) is 23.0 Å². The van der Waals surface area contributed by atoms with Crippen molar-refractivity contribution in [1.82, 2.24) is 4.98 Å². The number of nitrogens with zero attached hydrogens (tertiary/aromatic N) is 1. The summed E-state index contributed by atoms with van der Waals surface area (Å²) in [7, 11) is 0. The number of halogens is 4. The number of benzene rings is 2. The van der Waals surface area contributed by atoms with Gasteiger partial charge >= 0.3 is 6.18 Å². The minimum absolute atomic E-state index is 0.0251. The van der Waals surface area contributed by atoms with Crippen molar-refractivity contribution in [2.45, 2.75) is 13.1 Å². The highest BCUT2D eigenvalue weighted by Crippen LogP contribution is 2.33. The van der Waals surface area contributed by atoms with Crippen LogP contribution in [0.2, 0.25) is 0 Å². The third kappa shape index (κ3) is 3.90. The van der Waals surface area contributed by atoms with Gasteiger partial charge in [-0.1, -0.05) is 18.2 Å². The van der Waals surface area contributed by atoms with Gasteiger partial charge in [-0.05, 0) is 59.8 Å². The normalized spacial score (nSPS) is 11.4. The van der Waals surface area contributed by atoms with Gasteiger partial charge in [0.2, 0.25) is 5.89 Å². The Morgan fingerprint density at radius 1 is 1.15 bits per heavy atom. The minimum atomic E-state index is -4.49. The molecule has 1 N–H and O–H groups in total. The van der Waals surface area contributed by atoms with E-state index in [1.165, 1.54) is 6.07 Å². The quantitative estimate of drug-likeness (QED) is 0.511. The molecule has 0 radical (unpaired) electrons. The van der Waals surface area contributed by atoms with Gasteiger partial charge in [0.25, 0.3) is 5.91 Å². The molecule has 4 nitrogen and oxygen atoms in total. The van der Waals surface area contributed by atoms with Gasteiger partial charge in [0.1, 0.15) is 5.76 Å². The number of carbonyl (C=O) groups excluding carboxylic acids is 1. The molecule has 3 rings (SSSR count). The molecule has 2 aromatic carbocycles. The summed E-state index contributed by atoms with van der Waals surface area (Å²) in [4.78, 5) is 16.6. The lowest BCUT2D eigenvalue weighted by Gasteiger charge is -2.11. The monoisotopic (exact) mass is 472 g/mol. The molecular weight excluding hydrogens is 460 g/mol. The van der Waals surface area contributed by atoms with Crippen molar-refractivity contribution >= 4 is 34.2 Å². The summed E-state index contributed by atoms with van der Waals surface area (Å²) in [5.41, 5.74) is -0.0514. The number of anilines is 1. The molecule has 0 atom stereocenters. The molecule has 1 heterocycles. The first-order valence-electron chi connectivity index (χ1n) is 7.46. The molecule has 0 unspecified atom stereocenters. The Morgan fingerprint density at radius 3 is 2.50 bits per heavy atom. The van der Waals surface area contributed by atoms with Gasteiger partial charge in [-0.25, -0.2) is 4.98 Å². The highest BCUT2D eigenvalue weighted by atomic mass is 127. The zero-order valence-electron chi connectivity index (χ0n) is 13.4. The predicted octanol–water partition coefficient (Wildman–Crippen LogP) is 5.53. The number of aromatic nitrogens is 1. The molecule has 3 aromatic rings. The highest BCUT2D eigenvalue weighted by Gasteiger charge is 2.31. The Morgan fingerprint density at radius 2 is 1.85 bits per heavy atom. The maximum atomic E-state index is 12.9. The number of rotatable bonds is 3. The van der Waals surface area contributed by atoms with Gasteiger partial charge in [-0.2, -0.15) is 13.2 Å². The summed E-state index contributed by atoms with van der Waals surface area (Å²) in [6.07, 6.45) is -4.49. The van der Waals surface area contributed by atoms with Gasteiger partial charge in [-0.3, -0.25) is 4.79 Å². The molecule has 1 aromatic heterocycles. The van der Waals surface area contributed by atoms with E-state index in [0.29, 0.717) is 9.13 Å². The van der Waals surface area contributed by atoms with Crippen LogP contribution in [0.4, 0.5) is 18.9 Å². The second kappa shape index (κ2) is 7.10. The fraction of sp³-hybridized carbons (Fsp3) is 0.111. The molecule has 0 aliphatic rings. The maximum Gasteiger partial charge on any atom is 0.416 e. The van der Waals surface area contributed by atoms with Gasteiger partial charge in [0, 0.05) is 9.13 Å². The average molecular weight is 472 g/mol. The minimum Gasteiger partial charge on any atom is -0.441 e. The Labute approximate surface area is 160 Å². The van der Waals surface area contributed by atoms with Crippen LogP contribution in [0.15, 0.2) is 52.9 Å². The topological polar surface area (TPSA) is 55.1 Å². The smallest absolute Gasteiger partial charge is 0.416 e. The van der Waals surface area contributed by atoms with E-state index in [9.17, 15) is 18.0 Å². The second-order valence-electron chi connectivity index (χ2n) is 5.44. The molecule has 0 saturated carbocycles. The van der Waals surface area contributed by atoms with Gasteiger partial charge in [-0.15, -0.1) is 0 Å². The van der Waals surface area contributed by atoms with Crippen LogP contribution in [0.25, 0.3) is 11.5 Å². The molecule has 0 saturated heterocycles. The summed E-state index contributed by atoms with van der Waals surface area (Å²) in [6.45, 7) is 1.57. The number of aryl methyl sites for hydroxylation is 1. The molecule has 0 aliphatic heterocycles. The molecule has 8 heteroatoms. The first-order valence-corrected chi connectivity index (χ1v) is 8.54. The molecule has 0 bridgehead atoms. The number of amides is 1. The van der Waals surface area contributed by atoms with E-state index < -0.39 is 17.6 Å². The molecule has 0 fully saturated rings. The fourth-order valence-corrected chi connectivity index (χ4v) is 2.76. The fourth-order valence-electron chi connectivity index (χ4n) is 2.29. The Hall–Kier alpha value is -2.36. The zero-order valence-corrected chi connectivity index (χ0v) is 15.6. The Kier molecular flexibility index (Phi) is 5.03. The van der Waals surface area contributed by atoms with Crippen LogP contribution in [-0.2, 0) is 6.18 Å². The molecule has 1 amide bonds. The number of hydrogen-bond acceptors (Lipinski definition) is 3. The maximum absolute atomic E-state index is 12.9. The van der Waals surface area contributed by atoms with Crippen LogP contribution in [0, 0.1) is 10.5 Å². The molecule has 0 spiro atoms. The van der Waals surface area contributed by atoms with E-state index in [4.69, 9.17) is 4.42 Å². The molecule has 26 heavy (non-hydrogen) atoms. The lowest BCUT2D eigenvalue weighted by Crippen LogP contribution is -2.15. The van der Waals surface area contributed by atoms with Gasteiger partial charge in [0.15, 0.2) is 5.69 Å². The summed E-state index contributed by atoms with van der Waals surface area (Å²) in [5.74, 6) is -0.0824. The Balaban J connectivity index is 1.89. The number of nitrogens with one attached hydrogen (secondary N) is 1. The van der Waals surface area contributed by atoms with Crippen molar-refractivity contribution in [3.63, 3.8) is 0 Å². The van der Waals surface area contributed by atoms with Crippen molar-refractivity contribution in [1.29, 1.82) is 0 Å². The van der Waals surface area contributed by atoms with Crippen LogP contribution in [0.3, 0.4) is 0 Å². The van der Waals surface area contributed by atoms with Crippen molar-refractivity contribution in [3.05, 3.63) is 69.1 Å². The zero-order chi connectivity index (χ0) is 18.9. The lowest BCUT2D eigenvalue weighted by atomic mass is 10.2. The van der Waals surface area contributed by atoms with Crippen LogP contribution in [0.5, 0.6) is 0 Å². The van der Waals surface area contributed by atoms with E-state index >= 15 is 0 Å². The van der Waals surface area contributed by atoms with Crippen LogP contribution >= 0.6 is 22.6 Å². The van der Waals surface area contributed by atoms with Crippen molar-refractivity contribution in [3.8, 4) is 11.5 Å². The van der Waals surface area contributed by atoms with Crippen LogP contribution < -0.4 is 5.32 Å². The Bertz CT molecular complexity index is 953. The number of alkyl halides is 3.